The van der Waals surface area contributed by atoms with Gasteiger partial charge in [0.1, 0.15) is 0 Å². The Labute approximate surface area is 151 Å². The van der Waals surface area contributed by atoms with Crippen LogP contribution in [0.2, 0.25) is 0 Å². The second kappa shape index (κ2) is 7.72. The van der Waals surface area contributed by atoms with Crippen LogP contribution in [-0.4, -0.2) is 37.1 Å². The quantitative estimate of drug-likeness (QED) is 0.452. The van der Waals surface area contributed by atoms with Crippen LogP contribution in [0, 0.1) is 27.6 Å². The molecular formula is C15H12F3N3O5S. The second-order valence-corrected chi connectivity index (χ2v) is 7.33. The molecular weight excluding hydrogens is 391 g/mol. The number of nitrogens with zero attached hydrogens (tertiary/aromatic N) is 2. The van der Waals surface area contributed by atoms with E-state index in [9.17, 15) is 36.5 Å². The first kappa shape index (κ1) is 20.3. The van der Waals surface area contributed by atoms with E-state index in [0.717, 1.165) is 37.4 Å². The second-order valence-electron chi connectivity index (χ2n) is 5.28. The minimum absolute atomic E-state index is 0.303. The first-order valence-corrected chi connectivity index (χ1v) is 8.62. The molecule has 0 radical (unpaired) electrons. The van der Waals surface area contributed by atoms with Crippen LogP contribution in [0.15, 0.2) is 41.3 Å². The number of nitrogens with one attached hydrogen (secondary N) is 1. The molecule has 27 heavy (non-hydrogen) atoms. The molecule has 1 N–H and O–H groups in total. The number of nitro groups is 1. The highest BCUT2D eigenvalue weighted by Gasteiger charge is 2.24. The van der Waals surface area contributed by atoms with Gasteiger partial charge in [-0.15, -0.1) is 0 Å². The molecule has 2 aromatic rings. The Morgan fingerprint density at radius 1 is 1.11 bits per heavy atom. The van der Waals surface area contributed by atoms with Crippen molar-refractivity contribution in [3.8, 4) is 0 Å². The van der Waals surface area contributed by atoms with Gasteiger partial charge >= 0.3 is 0 Å². The fourth-order valence-electron chi connectivity index (χ4n) is 2.02. The summed E-state index contributed by atoms with van der Waals surface area (Å²) in [5.74, 6) is -5.85. The largest absolute Gasteiger partial charge is 0.322 e. The lowest BCUT2D eigenvalue weighted by Crippen LogP contribution is -2.35. The maximum absolute atomic E-state index is 13.5. The first-order chi connectivity index (χ1) is 12.5. The van der Waals surface area contributed by atoms with E-state index >= 15 is 0 Å². The summed E-state index contributed by atoms with van der Waals surface area (Å²) >= 11 is 0. The minimum Gasteiger partial charge on any atom is -0.322 e. The Morgan fingerprint density at radius 3 is 2.26 bits per heavy atom. The van der Waals surface area contributed by atoms with Gasteiger partial charge in [0.05, 0.1) is 22.1 Å². The summed E-state index contributed by atoms with van der Waals surface area (Å²) in [4.78, 5) is 21.5. The number of non-ortho nitro benzene ring substituents is 1. The number of rotatable bonds is 6. The van der Waals surface area contributed by atoms with Crippen LogP contribution in [0.25, 0.3) is 0 Å². The number of halogens is 3. The molecule has 0 aliphatic carbocycles. The molecule has 0 unspecified atom stereocenters. The summed E-state index contributed by atoms with van der Waals surface area (Å²) in [7, 11) is -3.12. The van der Waals surface area contributed by atoms with E-state index in [1.54, 1.807) is 0 Å². The van der Waals surface area contributed by atoms with E-state index in [1.165, 1.54) is 0 Å². The van der Waals surface area contributed by atoms with Gasteiger partial charge in [0, 0.05) is 19.2 Å². The molecule has 2 aromatic carbocycles. The highest BCUT2D eigenvalue weighted by atomic mass is 32.2. The van der Waals surface area contributed by atoms with Gasteiger partial charge in [0.25, 0.3) is 5.69 Å². The zero-order valence-electron chi connectivity index (χ0n) is 13.6. The predicted molar refractivity (Wildman–Crippen MR) is 87.9 cm³/mol. The maximum Gasteiger partial charge on any atom is 0.269 e. The third kappa shape index (κ3) is 4.41. The number of nitro benzene ring substituents is 1. The number of carbonyl (C=O) groups is 1. The molecule has 1 amide bonds. The zero-order valence-corrected chi connectivity index (χ0v) is 14.5. The molecule has 0 aliphatic rings. The number of hydrogen-bond donors (Lipinski definition) is 1. The Hall–Kier alpha value is -2.99. The molecule has 0 saturated heterocycles. The van der Waals surface area contributed by atoms with Crippen molar-refractivity contribution >= 4 is 27.3 Å². The van der Waals surface area contributed by atoms with E-state index in [1.807, 2.05) is 5.32 Å². The van der Waals surface area contributed by atoms with Crippen molar-refractivity contribution in [2.75, 3.05) is 18.9 Å². The van der Waals surface area contributed by atoms with Crippen molar-refractivity contribution in [3.63, 3.8) is 0 Å². The summed E-state index contributed by atoms with van der Waals surface area (Å²) in [5, 5.41) is 12.5. The standard InChI is InChI=1S/C15H12F3N3O5S/c1-20(27(25,26)10-4-2-9(3-5-10)21(23)24)8-13(22)19-12-7-6-11(16)14(17)15(12)18/h2-7H,8H2,1H3,(H,19,22). The zero-order chi connectivity index (χ0) is 20.4. The third-order valence-electron chi connectivity index (χ3n) is 3.43. The Morgan fingerprint density at radius 2 is 1.70 bits per heavy atom. The van der Waals surface area contributed by atoms with Crippen molar-refractivity contribution in [2.24, 2.45) is 0 Å². The van der Waals surface area contributed by atoms with Gasteiger partial charge in [-0.1, -0.05) is 0 Å². The summed E-state index contributed by atoms with van der Waals surface area (Å²) in [6.45, 7) is -0.766. The SMILES string of the molecule is CN(CC(=O)Nc1ccc(F)c(F)c1F)S(=O)(=O)c1ccc([N+](=O)[O-])cc1. The fraction of sp³-hybridized carbons (Fsp3) is 0.133. The predicted octanol–water partition coefficient (Wildman–Crippen LogP) is 2.27. The Bertz CT molecular complexity index is 997. The smallest absolute Gasteiger partial charge is 0.269 e. The Kier molecular flexibility index (Phi) is 5.81. The van der Waals surface area contributed by atoms with Gasteiger partial charge in [0.15, 0.2) is 17.5 Å². The lowest BCUT2D eigenvalue weighted by molar-refractivity contribution is -0.384. The number of amides is 1. The van der Waals surface area contributed by atoms with E-state index in [-0.39, 0.29) is 10.6 Å². The maximum atomic E-state index is 13.5. The van der Waals surface area contributed by atoms with Crippen molar-refractivity contribution in [1.82, 2.24) is 4.31 Å². The number of anilines is 1. The monoisotopic (exact) mass is 403 g/mol. The summed E-state index contributed by atoms with van der Waals surface area (Å²) in [5.41, 5.74) is -0.969. The minimum atomic E-state index is -4.17. The van der Waals surface area contributed by atoms with Crippen LogP contribution in [-0.2, 0) is 14.8 Å². The van der Waals surface area contributed by atoms with Gasteiger partial charge in [-0.25, -0.2) is 21.6 Å². The molecule has 2 rings (SSSR count). The van der Waals surface area contributed by atoms with Crippen LogP contribution < -0.4 is 5.32 Å². The van der Waals surface area contributed by atoms with Crippen molar-refractivity contribution in [2.45, 2.75) is 4.90 Å². The van der Waals surface area contributed by atoms with Crippen molar-refractivity contribution < 1.29 is 31.3 Å². The topological polar surface area (TPSA) is 110 Å². The first-order valence-electron chi connectivity index (χ1n) is 7.18. The highest BCUT2D eigenvalue weighted by molar-refractivity contribution is 7.89. The van der Waals surface area contributed by atoms with Crippen molar-refractivity contribution in [3.05, 3.63) is 64.0 Å². The van der Waals surface area contributed by atoms with Crippen molar-refractivity contribution in [1.29, 1.82) is 0 Å². The normalized spacial score (nSPS) is 11.4. The summed E-state index contributed by atoms with van der Waals surface area (Å²) < 4.78 is 64.9. The third-order valence-corrected chi connectivity index (χ3v) is 5.25. The lowest BCUT2D eigenvalue weighted by Gasteiger charge is -2.17. The molecule has 0 aliphatic heterocycles. The van der Waals surface area contributed by atoms with Crippen LogP contribution >= 0.6 is 0 Å². The summed E-state index contributed by atoms with van der Waals surface area (Å²) in [6.07, 6.45) is 0. The lowest BCUT2D eigenvalue weighted by atomic mass is 10.3. The summed E-state index contributed by atoms with van der Waals surface area (Å²) in [6, 6.07) is 5.35. The van der Waals surface area contributed by atoms with Crippen LogP contribution in [0.3, 0.4) is 0 Å². The molecule has 0 atom stereocenters. The van der Waals surface area contributed by atoms with E-state index < -0.39 is 50.5 Å². The molecule has 12 heteroatoms. The fourth-order valence-corrected chi connectivity index (χ4v) is 3.15. The van der Waals surface area contributed by atoms with E-state index in [0.29, 0.717) is 10.4 Å². The highest BCUT2D eigenvalue weighted by Crippen LogP contribution is 2.21. The van der Waals surface area contributed by atoms with Crippen LogP contribution in [0.4, 0.5) is 24.5 Å². The van der Waals surface area contributed by atoms with Gasteiger partial charge < -0.3 is 5.32 Å². The number of hydrogen-bond acceptors (Lipinski definition) is 5. The van der Waals surface area contributed by atoms with Crippen LogP contribution in [0.1, 0.15) is 0 Å². The average molecular weight is 403 g/mol. The molecule has 0 saturated carbocycles. The molecule has 0 bridgehead atoms. The van der Waals surface area contributed by atoms with Gasteiger partial charge in [0.2, 0.25) is 15.9 Å². The number of sulfonamides is 1. The van der Waals surface area contributed by atoms with Gasteiger partial charge in [-0.3, -0.25) is 14.9 Å². The van der Waals surface area contributed by atoms with Gasteiger partial charge in [-0.2, -0.15) is 4.31 Å². The van der Waals surface area contributed by atoms with E-state index in [4.69, 9.17) is 0 Å². The average Bonchev–Trinajstić information content (AvgIpc) is 2.62. The van der Waals surface area contributed by atoms with Gasteiger partial charge in [-0.05, 0) is 24.3 Å². The molecule has 144 valence electrons. The molecule has 0 fully saturated rings. The number of carbonyl (C=O) groups excluding carboxylic acids is 1. The number of benzene rings is 2. The number of likely N-dealkylation sites (N-methyl/N-ethyl adjacent to an activating group) is 1. The molecule has 0 heterocycles. The molecule has 0 spiro atoms. The molecule has 0 aromatic heterocycles. The van der Waals surface area contributed by atoms with Crippen LogP contribution in [0.5, 0.6) is 0 Å². The van der Waals surface area contributed by atoms with E-state index in [2.05, 4.69) is 0 Å². The molecule has 8 nitrogen and oxygen atoms in total. The Balaban J connectivity index is 2.13.